The molecule has 0 aliphatic carbocycles. The second-order valence-corrected chi connectivity index (χ2v) is 1.65. The van der Waals surface area contributed by atoms with Gasteiger partial charge in [-0.05, 0) is 0 Å². The molecule has 0 unspecified atom stereocenters. The van der Waals surface area contributed by atoms with Crippen LogP contribution in [0.25, 0.3) is 0 Å². The van der Waals surface area contributed by atoms with Crippen molar-refractivity contribution in [3.8, 4) is 0 Å². The van der Waals surface area contributed by atoms with Gasteiger partial charge in [0.05, 0.1) is 7.32 Å². The topological polar surface area (TPSA) is 153 Å². The van der Waals surface area contributed by atoms with E-state index in [1.807, 2.05) is 0 Å². The molecule has 0 aromatic carbocycles. The Hall–Kier alpha value is 3.12. The molecular weight excluding hydrogens is 393 g/mol. The minimum atomic E-state index is -5.39. The number of rotatable bonds is 0. The summed E-state index contributed by atoms with van der Waals surface area (Å²) >= 11 is 0. The van der Waals surface area contributed by atoms with Crippen LogP contribution in [0.15, 0.2) is 0 Å². The van der Waals surface area contributed by atoms with Crippen LogP contribution in [0.1, 0.15) is 0 Å². The summed E-state index contributed by atoms with van der Waals surface area (Å²) in [4.78, 5) is 25.6. The fourth-order valence-electron chi connectivity index (χ4n) is 0. The van der Waals surface area contributed by atoms with Crippen LogP contribution in [0, 0.1) is 49.4 Å². The van der Waals surface area contributed by atoms with Gasteiger partial charge in [0.25, 0.3) is 0 Å². The van der Waals surface area contributed by atoms with E-state index in [1.54, 1.807) is 0 Å². The Morgan fingerprint density at radius 3 is 1.18 bits per heavy atom. The molecule has 60 valence electrons. The number of phosphoric acid groups is 1. The summed E-state index contributed by atoms with van der Waals surface area (Å²) in [5.41, 5.74) is 0. The van der Waals surface area contributed by atoms with Crippen LogP contribution in [-0.2, 0) is 4.57 Å². The molecule has 0 atom stereocenters. The molecular formula is HBEuO7PSr. The van der Waals surface area contributed by atoms with Gasteiger partial charge in [-0.3, -0.25) is 0 Å². The van der Waals surface area contributed by atoms with Crippen LogP contribution >= 0.6 is 7.82 Å². The molecule has 0 aromatic heterocycles. The number of hydrogen-bond acceptors (Lipinski definition) is 7. The Morgan fingerprint density at radius 2 is 1.18 bits per heavy atom. The molecule has 0 rings (SSSR count). The van der Waals surface area contributed by atoms with E-state index < -0.39 is 15.1 Å². The monoisotopic (exact) mass is 396 g/mol. The van der Waals surface area contributed by atoms with Crippen LogP contribution in [-0.4, -0.2) is 57.8 Å². The Morgan fingerprint density at radius 1 is 1.18 bits per heavy atom. The Bertz CT molecular complexity index is 89.6. The normalized spacial score (nSPS) is 7.82. The summed E-state index contributed by atoms with van der Waals surface area (Å²) in [5, 5.41) is 24.0. The van der Waals surface area contributed by atoms with Crippen molar-refractivity contribution in [3.63, 3.8) is 0 Å². The Labute approximate surface area is 141 Å². The maximum Gasteiger partial charge on any atom is 3.00 e. The zero-order chi connectivity index (χ0) is 8.08. The predicted octanol–water partition coefficient (Wildman–Crippen LogP) is -6.52. The van der Waals surface area contributed by atoms with E-state index in [0.29, 0.717) is 0 Å². The first-order chi connectivity index (χ1) is 3.73. The summed E-state index contributed by atoms with van der Waals surface area (Å²) in [5.74, 6) is 0. The fraction of sp³-hybridized carbons (Fsp3) is 0. The van der Waals surface area contributed by atoms with Crippen molar-refractivity contribution < 1.29 is 83.7 Å². The van der Waals surface area contributed by atoms with Crippen molar-refractivity contribution in [1.29, 1.82) is 0 Å². The van der Waals surface area contributed by atoms with Crippen LogP contribution in [0.5, 0.6) is 0 Å². The smallest absolute Gasteiger partial charge is 0.871 e. The second-order valence-electron chi connectivity index (χ2n) is 0.754. The van der Waals surface area contributed by atoms with Crippen molar-refractivity contribution in [2.24, 2.45) is 0 Å². The van der Waals surface area contributed by atoms with E-state index in [0.717, 1.165) is 0 Å². The molecule has 11 heavy (non-hydrogen) atoms. The van der Waals surface area contributed by atoms with Crippen molar-refractivity contribution >= 4 is 60.6 Å². The summed E-state index contributed by atoms with van der Waals surface area (Å²) in [6, 6.07) is 0. The van der Waals surface area contributed by atoms with Gasteiger partial charge in [-0.15, -0.1) is 0 Å². The van der Waals surface area contributed by atoms with E-state index in [4.69, 9.17) is 34.3 Å². The second kappa shape index (κ2) is 13.1. The van der Waals surface area contributed by atoms with E-state index in [-0.39, 0.29) is 94.9 Å². The van der Waals surface area contributed by atoms with Crippen molar-refractivity contribution in [1.82, 2.24) is 0 Å². The van der Waals surface area contributed by atoms with E-state index >= 15 is 0 Å². The third-order valence-electron chi connectivity index (χ3n) is 0. The quantitative estimate of drug-likeness (QED) is 0.317. The molecule has 0 aliphatic rings. The summed E-state index contributed by atoms with van der Waals surface area (Å²) in [7, 11) is -8.06. The first-order valence-electron chi connectivity index (χ1n) is 1.46. The minimum absolute atomic E-state index is 0. The molecule has 0 fully saturated rings. The molecule has 0 heterocycles. The summed E-state index contributed by atoms with van der Waals surface area (Å²) in [6.07, 6.45) is 0. The molecule has 0 radical (unpaired) electrons. The van der Waals surface area contributed by atoms with Gasteiger partial charge < -0.3 is 34.3 Å². The van der Waals surface area contributed by atoms with Crippen LogP contribution in [0.4, 0.5) is 0 Å². The van der Waals surface area contributed by atoms with Gasteiger partial charge in [-0.1, -0.05) is 0 Å². The molecule has 0 amide bonds. The minimum Gasteiger partial charge on any atom is -0.871 e. The zero-order valence-corrected chi connectivity index (χ0v) is 11.8. The van der Waals surface area contributed by atoms with Crippen LogP contribution in [0.3, 0.4) is 0 Å². The van der Waals surface area contributed by atoms with Gasteiger partial charge >= 0.3 is 94.9 Å². The molecule has 1 N–H and O–H groups in total. The molecule has 0 aromatic rings. The van der Waals surface area contributed by atoms with Crippen LogP contribution < -0.4 is 24.7 Å². The SMILES string of the molecule is O=P([O-])([O-])[O-].[Eu+3].[O-]B([O-])O.[Sr+2]. The van der Waals surface area contributed by atoms with E-state index in [9.17, 15) is 0 Å². The van der Waals surface area contributed by atoms with Gasteiger partial charge in [0.2, 0.25) is 0 Å². The average molecular weight is 394 g/mol. The maximum absolute atomic E-state index is 8.55. The van der Waals surface area contributed by atoms with Gasteiger partial charge in [-0.2, -0.15) is 7.82 Å². The predicted molar refractivity (Wildman–Crippen MR) is 21.3 cm³/mol. The largest absolute Gasteiger partial charge is 3.00 e. The first-order valence-corrected chi connectivity index (χ1v) is 2.92. The molecule has 7 nitrogen and oxygen atoms in total. The van der Waals surface area contributed by atoms with Gasteiger partial charge in [0.1, 0.15) is 0 Å². The molecule has 11 heteroatoms. The fourth-order valence-corrected chi connectivity index (χ4v) is 0. The maximum atomic E-state index is 8.55. The van der Waals surface area contributed by atoms with Crippen LogP contribution in [0.2, 0.25) is 0 Å². The standard InChI is InChI=1S/BHO3.Eu.H3O4P.Sr/c2-1(3)4;;1-5(2,3)4;/h2H;;(H3,1,2,3,4);/q-2;+3;;+2/p-3. The van der Waals surface area contributed by atoms with Crippen molar-refractivity contribution in [2.45, 2.75) is 0 Å². The Balaban J connectivity index is -0.0000000383. The van der Waals surface area contributed by atoms with E-state index in [1.165, 1.54) is 0 Å². The number of hydrogen-bond donors (Lipinski definition) is 1. The van der Waals surface area contributed by atoms with Gasteiger partial charge in [0.15, 0.2) is 0 Å². The summed E-state index contributed by atoms with van der Waals surface area (Å²) < 4.78 is 8.55. The third-order valence-corrected chi connectivity index (χ3v) is 0. The van der Waals surface area contributed by atoms with E-state index in [2.05, 4.69) is 0 Å². The molecule has 0 bridgehead atoms. The van der Waals surface area contributed by atoms with Crippen molar-refractivity contribution in [3.05, 3.63) is 0 Å². The summed E-state index contributed by atoms with van der Waals surface area (Å²) in [6.45, 7) is 0. The molecule has 0 saturated carbocycles. The molecule has 0 spiro atoms. The zero-order valence-electron chi connectivity index (χ0n) is 5.01. The third kappa shape index (κ3) is 167. The van der Waals surface area contributed by atoms with Gasteiger partial charge in [0, 0.05) is 0 Å². The van der Waals surface area contributed by atoms with Gasteiger partial charge in [-0.25, -0.2) is 0 Å². The van der Waals surface area contributed by atoms with Crippen molar-refractivity contribution in [2.75, 3.05) is 0 Å². The molecule has 0 aliphatic heterocycles. The first kappa shape index (κ1) is 23.7. The average Bonchev–Trinajstić information content (AvgIpc) is 1.19. The Kier molecular flexibility index (Phi) is 28.3. The molecule has 0 saturated heterocycles.